The van der Waals surface area contributed by atoms with Crippen LogP contribution in [0, 0.1) is 36.9 Å². The van der Waals surface area contributed by atoms with E-state index in [0.717, 1.165) is 12.1 Å². The van der Waals surface area contributed by atoms with Crippen LogP contribution in [0.25, 0.3) is 0 Å². The van der Waals surface area contributed by atoms with Crippen molar-refractivity contribution >= 4 is 26.5 Å². The number of phenols is 1. The van der Waals surface area contributed by atoms with Crippen LogP contribution >= 0.6 is 0 Å². The second kappa shape index (κ2) is 30.3. The van der Waals surface area contributed by atoms with Crippen LogP contribution in [0.3, 0.4) is 0 Å². The summed E-state index contributed by atoms with van der Waals surface area (Å²) in [4.78, 5) is 9.54. The van der Waals surface area contributed by atoms with Gasteiger partial charge in [-0.3, -0.25) is 8.42 Å². The fourth-order valence-electron chi connectivity index (χ4n) is 0.862. The Bertz CT molecular complexity index is 677. The number of aromatic hydroxyl groups is 1. The number of aromatic carboxylic acids is 1. The quantitative estimate of drug-likeness (QED) is 0.169. The number of benzene rings is 1. The van der Waals surface area contributed by atoms with Gasteiger partial charge < -0.3 is 78.6 Å². The molecule has 0 aliphatic heterocycles. The Kier molecular flexibility index (Phi) is 79.4. The van der Waals surface area contributed by atoms with Crippen LogP contribution in [0.2, 0.25) is 0 Å². The summed E-state index contributed by atoms with van der Waals surface area (Å²) in [5.41, 5.74) is -0.296. The van der Waals surface area contributed by atoms with Crippen LogP contribution in [0.4, 0.5) is 0 Å². The Morgan fingerprint density at radius 3 is 1.20 bits per heavy atom. The topological polar surface area (TPSA) is 520 Å². The summed E-state index contributed by atoms with van der Waals surface area (Å²) < 4.78 is 65.5. The SMILES string of the molecule is O.O.O.O=C(O)c1ccc(S(=O)(=O)[O-])c(O)c1.O=S(=O)([O-])[O-].[Lu+3].[OH3+].[OH3+].[OH3+].[OH3+].[OH3+].[OH3+].[OH3+]. The molecule has 0 unspecified atom stereocenters. The molecule has 0 aliphatic rings. The molecule has 200 valence electrons. The summed E-state index contributed by atoms with van der Waals surface area (Å²) in [5, 5.41) is 17.5. The van der Waals surface area contributed by atoms with Gasteiger partial charge in [-0.05, 0) is 18.2 Å². The summed E-state index contributed by atoms with van der Waals surface area (Å²) in [6.07, 6.45) is 0. The van der Waals surface area contributed by atoms with Crippen molar-refractivity contribution < 1.29 is 137 Å². The van der Waals surface area contributed by atoms with Gasteiger partial charge in [-0.1, -0.05) is 0 Å². The van der Waals surface area contributed by atoms with Crippen molar-refractivity contribution in [3.8, 4) is 5.75 Å². The molecule has 0 atom stereocenters. The van der Waals surface area contributed by atoms with Gasteiger partial charge in [0, 0.05) is 10.4 Å². The third kappa shape index (κ3) is 37.8. The molecule has 1 aromatic rings. The van der Waals surface area contributed by atoms with Gasteiger partial charge in [0.1, 0.15) is 15.9 Å². The van der Waals surface area contributed by atoms with Gasteiger partial charge >= 0.3 is 42.8 Å². The zero-order chi connectivity index (χ0) is 15.4. The minimum absolute atomic E-state index is 0. The van der Waals surface area contributed by atoms with Crippen LogP contribution in [0.15, 0.2) is 23.1 Å². The smallest absolute Gasteiger partial charge is 0.759 e. The van der Waals surface area contributed by atoms with Gasteiger partial charge in [-0.25, -0.2) is 13.2 Å². The third-order valence-corrected chi connectivity index (χ3v) is 2.36. The number of hydrogen-bond donors (Lipinski definition) is 2. The summed E-state index contributed by atoms with van der Waals surface area (Å²) in [7, 11) is -9.94. The summed E-state index contributed by atoms with van der Waals surface area (Å²) in [5.74, 6) is -2.19. The van der Waals surface area contributed by atoms with Gasteiger partial charge in [0.15, 0.2) is 0 Å². The first kappa shape index (κ1) is 78.6. The fourth-order valence-corrected chi connectivity index (χ4v) is 1.41. The molecule has 1 rings (SSSR count). The van der Waals surface area contributed by atoms with Crippen molar-refractivity contribution in [2.45, 2.75) is 4.90 Å². The molecule has 0 amide bonds. The zero-order valence-corrected chi connectivity index (χ0v) is 17.8. The zero-order valence-electron chi connectivity index (χ0n) is 14.5. The Morgan fingerprint density at radius 2 is 1.03 bits per heavy atom. The third-order valence-electron chi connectivity index (χ3n) is 1.48. The van der Waals surface area contributed by atoms with Crippen LogP contribution in [-0.4, -0.2) is 63.1 Å². The van der Waals surface area contributed by atoms with E-state index in [9.17, 15) is 17.8 Å². The molecule has 29 N–H and O–H groups in total. The number of hydrogen-bond acceptors (Lipinski definition) is 9. The maximum Gasteiger partial charge on any atom is 3.00 e. The predicted molar refractivity (Wildman–Crippen MR) is 98.4 cm³/mol. The molecule has 0 aromatic heterocycles. The normalized spacial score (nSPS) is 7.17. The second-order valence-electron chi connectivity index (χ2n) is 2.85. The molecule has 20 nitrogen and oxygen atoms in total. The molecular formula is C7H32LuO20S2+7. The average molecular weight is 675 g/mol. The molecule has 0 bridgehead atoms. The standard InChI is InChI=1S/C7H6O6S.Lu.H2O4S.10H2O/c8-5-3-4(7(9)10)1-2-6(5)14(11,12)13;;1-5(2,3)4;;;;;;;;;;/h1-3,8H,(H,9,10)(H,11,12,13);;(H2,1,2,3,4);10*1H2/q;+3;;;;;;;;;;;/p+4. The molecule has 0 fully saturated rings. The van der Waals surface area contributed by atoms with Crippen molar-refractivity contribution in [2.75, 3.05) is 0 Å². The largest absolute Gasteiger partial charge is 3.00 e. The van der Waals surface area contributed by atoms with Crippen molar-refractivity contribution in [2.24, 2.45) is 0 Å². The van der Waals surface area contributed by atoms with E-state index < -0.39 is 37.1 Å². The average Bonchev–Trinajstić information content (AvgIpc) is 2.12. The Hall–Kier alpha value is -0.896. The van der Waals surface area contributed by atoms with Gasteiger partial charge in [0.05, 0.1) is 10.5 Å². The Morgan fingerprint density at radius 1 is 0.767 bits per heavy atom. The number of carboxylic acid groups (broad SMARTS) is 1. The van der Waals surface area contributed by atoms with E-state index in [2.05, 4.69) is 0 Å². The van der Waals surface area contributed by atoms with Gasteiger partial charge in [-0.2, -0.15) is 0 Å². The summed E-state index contributed by atoms with van der Waals surface area (Å²) in [6.45, 7) is 0. The molecule has 0 saturated carbocycles. The molecule has 0 aliphatic carbocycles. The van der Waals surface area contributed by atoms with Gasteiger partial charge in [0.25, 0.3) is 0 Å². The van der Waals surface area contributed by atoms with Crippen molar-refractivity contribution in [3.63, 3.8) is 0 Å². The van der Waals surface area contributed by atoms with Crippen LogP contribution in [0.5, 0.6) is 5.75 Å². The van der Waals surface area contributed by atoms with E-state index in [4.69, 9.17) is 27.7 Å². The van der Waals surface area contributed by atoms with E-state index in [1.165, 1.54) is 0 Å². The summed E-state index contributed by atoms with van der Waals surface area (Å²) in [6, 6.07) is 2.38. The fraction of sp³-hybridized carbons (Fsp3) is 0. The monoisotopic (exact) mass is 675 g/mol. The van der Waals surface area contributed by atoms with Gasteiger partial charge in [0.2, 0.25) is 0 Å². The maximum absolute atomic E-state index is 10.5. The molecular weight excluding hydrogens is 643 g/mol. The number of phenolic OH excluding ortho intramolecular Hbond substituents is 1. The molecule has 0 saturated heterocycles. The first-order chi connectivity index (χ1) is 8.32. The number of rotatable bonds is 2. The Labute approximate surface area is 197 Å². The minimum Gasteiger partial charge on any atom is -0.759 e. The number of carbonyl (C=O) groups is 1. The minimum atomic E-state index is -5.17. The van der Waals surface area contributed by atoms with Crippen LogP contribution in [-0.2, 0) is 58.9 Å². The molecule has 0 heterocycles. The molecule has 1 aromatic carbocycles. The molecule has 0 radical (unpaired) electrons. The molecule has 30 heavy (non-hydrogen) atoms. The van der Waals surface area contributed by atoms with Crippen LogP contribution < -0.4 is 0 Å². The van der Waals surface area contributed by atoms with Crippen LogP contribution in [0.1, 0.15) is 10.4 Å². The van der Waals surface area contributed by atoms with Crippen molar-refractivity contribution in [1.82, 2.24) is 0 Å². The van der Waals surface area contributed by atoms with E-state index in [0.29, 0.717) is 6.07 Å². The number of carboxylic acids is 1. The first-order valence-electron chi connectivity index (χ1n) is 4.01. The van der Waals surface area contributed by atoms with E-state index in [1.807, 2.05) is 0 Å². The first-order valence-corrected chi connectivity index (χ1v) is 6.75. The van der Waals surface area contributed by atoms with E-state index in [-0.39, 0.29) is 97.2 Å². The maximum atomic E-state index is 10.5. The second-order valence-corrected chi connectivity index (χ2v) is 5.01. The van der Waals surface area contributed by atoms with Crippen molar-refractivity contribution in [3.05, 3.63) is 23.8 Å². The molecule has 23 heteroatoms. The Balaban J connectivity index is -0.0000000186. The van der Waals surface area contributed by atoms with E-state index in [1.54, 1.807) is 0 Å². The molecule has 0 spiro atoms. The van der Waals surface area contributed by atoms with Gasteiger partial charge in [-0.15, -0.1) is 0 Å². The predicted octanol–water partition coefficient (Wildman–Crippen LogP) is -10.3. The van der Waals surface area contributed by atoms with Crippen molar-refractivity contribution in [1.29, 1.82) is 0 Å². The van der Waals surface area contributed by atoms with E-state index >= 15 is 0 Å². The summed E-state index contributed by atoms with van der Waals surface area (Å²) >= 11 is 0.